The lowest BCUT2D eigenvalue weighted by atomic mass is 10.00. The Labute approximate surface area is 206 Å². The van der Waals surface area contributed by atoms with Crippen molar-refractivity contribution in [3.05, 3.63) is 83.2 Å². The van der Waals surface area contributed by atoms with Crippen LogP contribution in [0.5, 0.6) is 0 Å². The van der Waals surface area contributed by atoms with Gasteiger partial charge in [-0.15, -0.1) is 0 Å². The maximum absolute atomic E-state index is 13.5. The van der Waals surface area contributed by atoms with Gasteiger partial charge in [0.15, 0.2) is 0 Å². The maximum atomic E-state index is 13.5. The van der Waals surface area contributed by atoms with Gasteiger partial charge in [-0.3, -0.25) is 19.6 Å². The average molecular weight is 472 g/mol. The van der Waals surface area contributed by atoms with Crippen LogP contribution in [0, 0.1) is 0 Å². The number of aromatic amines is 1. The molecule has 3 heterocycles. The highest BCUT2D eigenvalue weighted by atomic mass is 16.2. The third-order valence-electron chi connectivity index (χ3n) is 7.25. The van der Waals surface area contributed by atoms with E-state index in [1.54, 1.807) is 11.1 Å². The third kappa shape index (κ3) is 4.86. The van der Waals surface area contributed by atoms with Crippen molar-refractivity contribution in [2.24, 2.45) is 0 Å². The molecule has 2 saturated heterocycles. The largest absolute Gasteiger partial charge is 0.338 e. The van der Waals surface area contributed by atoms with Crippen LogP contribution in [0.4, 0.5) is 5.69 Å². The number of likely N-dealkylation sites (tertiary alicyclic amines) is 2. The predicted molar refractivity (Wildman–Crippen MR) is 137 cm³/mol. The molecule has 1 atom stereocenters. The average Bonchev–Trinajstić information content (AvgIpc) is 3.67. The van der Waals surface area contributed by atoms with Gasteiger partial charge in [-0.2, -0.15) is 5.10 Å². The summed E-state index contributed by atoms with van der Waals surface area (Å²) in [5, 5.41) is 7.29. The molecule has 2 aromatic carbocycles. The van der Waals surface area contributed by atoms with Crippen molar-refractivity contribution in [1.29, 1.82) is 0 Å². The molecule has 1 N–H and O–H groups in total. The fourth-order valence-electron chi connectivity index (χ4n) is 5.37. The number of carbonyl (C=O) groups is 2. The Morgan fingerprint density at radius 1 is 1.00 bits per heavy atom. The summed E-state index contributed by atoms with van der Waals surface area (Å²) in [6.45, 7) is 6.81. The molecule has 3 aromatic rings. The van der Waals surface area contributed by atoms with Crippen LogP contribution in [0.3, 0.4) is 0 Å². The molecule has 1 aromatic heterocycles. The van der Waals surface area contributed by atoms with E-state index in [9.17, 15) is 9.59 Å². The lowest BCUT2D eigenvalue weighted by Gasteiger charge is -2.22. The second kappa shape index (κ2) is 10.4. The van der Waals surface area contributed by atoms with Crippen molar-refractivity contribution in [2.45, 2.75) is 38.6 Å². The maximum Gasteiger partial charge on any atom is 0.261 e. The third-order valence-corrected chi connectivity index (χ3v) is 7.25. The number of hydrogen-bond acceptors (Lipinski definition) is 4. The normalized spacial score (nSPS) is 18.2. The molecule has 0 unspecified atom stereocenters. The Morgan fingerprint density at radius 3 is 2.51 bits per heavy atom. The smallest absolute Gasteiger partial charge is 0.261 e. The summed E-state index contributed by atoms with van der Waals surface area (Å²) >= 11 is 0. The second-order valence-electron chi connectivity index (χ2n) is 9.46. The number of benzene rings is 2. The number of rotatable bonds is 7. The highest BCUT2D eigenvalue weighted by Gasteiger charge is 2.33. The molecular formula is C28H33N5O2. The predicted octanol–water partition coefficient (Wildman–Crippen LogP) is 4.30. The zero-order valence-corrected chi connectivity index (χ0v) is 20.3. The van der Waals surface area contributed by atoms with Crippen LogP contribution in [0.1, 0.15) is 64.1 Å². The van der Waals surface area contributed by atoms with Crippen molar-refractivity contribution in [3.63, 3.8) is 0 Å². The van der Waals surface area contributed by atoms with E-state index in [1.807, 2.05) is 60.4 Å². The van der Waals surface area contributed by atoms with Gasteiger partial charge in [0.25, 0.3) is 11.8 Å². The zero-order chi connectivity index (χ0) is 24.2. The van der Waals surface area contributed by atoms with Crippen molar-refractivity contribution in [3.8, 4) is 0 Å². The van der Waals surface area contributed by atoms with E-state index in [4.69, 9.17) is 0 Å². The fraction of sp³-hybridized carbons (Fsp3) is 0.393. The summed E-state index contributed by atoms with van der Waals surface area (Å²) in [4.78, 5) is 33.1. The van der Waals surface area contributed by atoms with E-state index in [1.165, 1.54) is 12.8 Å². The van der Waals surface area contributed by atoms with Crippen LogP contribution in [0.25, 0.3) is 0 Å². The van der Waals surface area contributed by atoms with Gasteiger partial charge in [0.05, 0.1) is 17.5 Å². The van der Waals surface area contributed by atoms with E-state index in [2.05, 4.69) is 21.2 Å². The minimum Gasteiger partial charge on any atom is -0.338 e. The molecule has 35 heavy (non-hydrogen) atoms. The minimum atomic E-state index is -0.0665. The first-order valence-electron chi connectivity index (χ1n) is 12.7. The molecule has 2 aliphatic rings. The zero-order valence-electron chi connectivity index (χ0n) is 20.3. The van der Waals surface area contributed by atoms with Gasteiger partial charge in [-0.25, -0.2) is 0 Å². The Balaban J connectivity index is 1.31. The number of H-pyrrole nitrogens is 1. The van der Waals surface area contributed by atoms with Gasteiger partial charge in [0.2, 0.25) is 0 Å². The molecule has 7 heteroatoms. The summed E-state index contributed by atoms with van der Waals surface area (Å²) in [6.07, 6.45) is 4.89. The Morgan fingerprint density at radius 2 is 1.74 bits per heavy atom. The fourth-order valence-corrected chi connectivity index (χ4v) is 5.37. The number of hydrogen-bond donors (Lipinski definition) is 1. The van der Waals surface area contributed by atoms with Crippen LogP contribution < -0.4 is 4.90 Å². The SMILES string of the molecule is CCN(C(=O)c1cn[nH]c1[C@@H]1CCN(C(=O)c2ccccc2CN2CCCC2)C1)c1ccccc1. The molecule has 0 saturated carbocycles. The summed E-state index contributed by atoms with van der Waals surface area (Å²) in [5.41, 5.74) is 4.17. The van der Waals surface area contributed by atoms with E-state index in [0.29, 0.717) is 25.2 Å². The first-order chi connectivity index (χ1) is 17.2. The monoisotopic (exact) mass is 471 g/mol. The number of nitrogens with one attached hydrogen (secondary N) is 1. The van der Waals surface area contributed by atoms with Gasteiger partial charge in [0.1, 0.15) is 0 Å². The number of amides is 2. The lowest BCUT2D eigenvalue weighted by molar-refractivity contribution is 0.0788. The molecule has 0 aliphatic carbocycles. The minimum absolute atomic E-state index is 0.0561. The van der Waals surface area contributed by atoms with Crippen LogP contribution in [-0.4, -0.2) is 64.5 Å². The second-order valence-corrected chi connectivity index (χ2v) is 9.46. The highest BCUT2D eigenvalue weighted by molar-refractivity contribution is 6.06. The number of aromatic nitrogens is 2. The summed E-state index contributed by atoms with van der Waals surface area (Å²) in [7, 11) is 0. The van der Waals surface area contributed by atoms with Crippen molar-refractivity contribution in [1.82, 2.24) is 20.0 Å². The van der Waals surface area contributed by atoms with Crippen molar-refractivity contribution >= 4 is 17.5 Å². The van der Waals surface area contributed by atoms with Gasteiger partial charge in [-0.1, -0.05) is 36.4 Å². The number of anilines is 1. The van der Waals surface area contributed by atoms with Gasteiger partial charge >= 0.3 is 0 Å². The van der Waals surface area contributed by atoms with Crippen LogP contribution >= 0.6 is 0 Å². The molecule has 0 spiro atoms. The molecule has 7 nitrogen and oxygen atoms in total. The van der Waals surface area contributed by atoms with Gasteiger partial charge < -0.3 is 9.80 Å². The van der Waals surface area contributed by atoms with E-state index in [-0.39, 0.29) is 17.7 Å². The van der Waals surface area contributed by atoms with Crippen LogP contribution in [0.2, 0.25) is 0 Å². The number of carbonyl (C=O) groups excluding carboxylic acids is 2. The molecular weight excluding hydrogens is 438 g/mol. The Bertz CT molecular complexity index is 1170. The van der Waals surface area contributed by atoms with E-state index >= 15 is 0 Å². The molecule has 182 valence electrons. The highest BCUT2D eigenvalue weighted by Crippen LogP contribution is 2.31. The Hall–Kier alpha value is -3.45. The standard InChI is InChI=1S/C28H33N5O2/c1-2-33(23-11-4-3-5-12-23)28(35)25-18-29-30-26(25)22-14-17-32(20-22)27(34)24-13-7-6-10-21(24)19-31-15-8-9-16-31/h3-7,10-13,18,22H,2,8-9,14-17,19-20H2,1H3,(H,29,30)/t22-/m1/s1. The number of para-hydroxylation sites is 1. The lowest BCUT2D eigenvalue weighted by Crippen LogP contribution is -2.32. The summed E-state index contributed by atoms with van der Waals surface area (Å²) in [5.74, 6) is 0.0676. The summed E-state index contributed by atoms with van der Waals surface area (Å²) < 4.78 is 0. The first kappa shape index (κ1) is 23.3. The van der Waals surface area contributed by atoms with Crippen molar-refractivity contribution < 1.29 is 9.59 Å². The van der Waals surface area contributed by atoms with Gasteiger partial charge in [-0.05, 0) is 63.0 Å². The molecule has 2 aliphatic heterocycles. The first-order valence-corrected chi connectivity index (χ1v) is 12.7. The van der Waals surface area contributed by atoms with E-state index in [0.717, 1.165) is 48.6 Å². The van der Waals surface area contributed by atoms with Crippen molar-refractivity contribution in [2.75, 3.05) is 37.6 Å². The molecule has 5 rings (SSSR count). The molecule has 0 radical (unpaired) electrons. The topological polar surface area (TPSA) is 72.5 Å². The van der Waals surface area contributed by atoms with E-state index < -0.39 is 0 Å². The number of nitrogens with zero attached hydrogens (tertiary/aromatic N) is 4. The molecule has 2 amide bonds. The van der Waals surface area contributed by atoms with Crippen LogP contribution in [-0.2, 0) is 6.54 Å². The van der Waals surface area contributed by atoms with Gasteiger partial charge in [0, 0.05) is 43.3 Å². The van der Waals surface area contributed by atoms with Crippen LogP contribution in [0.15, 0.2) is 60.8 Å². The summed E-state index contributed by atoms with van der Waals surface area (Å²) in [6, 6.07) is 17.7. The molecule has 0 bridgehead atoms. The molecule has 2 fully saturated rings. The Kier molecular flexibility index (Phi) is 6.95. The quantitative estimate of drug-likeness (QED) is 0.558.